The quantitative estimate of drug-likeness (QED) is 0.437. The van der Waals surface area contributed by atoms with Crippen molar-refractivity contribution in [3.63, 3.8) is 0 Å². The van der Waals surface area contributed by atoms with Crippen molar-refractivity contribution < 1.29 is 9.47 Å². The van der Waals surface area contributed by atoms with Gasteiger partial charge in [0.2, 0.25) is 0 Å². The van der Waals surface area contributed by atoms with Gasteiger partial charge in [-0.25, -0.2) is 19.3 Å². The molecule has 0 aliphatic heterocycles. The average molecular weight is 428 g/mol. The zero-order chi connectivity index (χ0) is 22.2. The third-order valence-corrected chi connectivity index (χ3v) is 5.14. The smallest absolute Gasteiger partial charge is 0.169 e. The summed E-state index contributed by atoms with van der Waals surface area (Å²) in [6.07, 6.45) is 3.26. The lowest BCUT2D eigenvalue weighted by atomic mass is 10.2. The van der Waals surface area contributed by atoms with Gasteiger partial charge in [0.1, 0.15) is 23.1 Å². The lowest BCUT2D eigenvalue weighted by Crippen LogP contribution is -2.04. The molecule has 0 unspecified atom stereocenters. The minimum absolute atomic E-state index is 0.307. The van der Waals surface area contributed by atoms with E-state index in [1.165, 1.54) is 0 Å². The van der Waals surface area contributed by atoms with Crippen LogP contribution in [0.2, 0.25) is 0 Å². The Morgan fingerprint density at radius 1 is 0.719 bits per heavy atom. The van der Waals surface area contributed by atoms with E-state index >= 15 is 0 Å². The highest BCUT2D eigenvalue weighted by Crippen LogP contribution is 2.30. The Labute approximate surface area is 183 Å². The molecule has 160 valence electrons. The van der Waals surface area contributed by atoms with E-state index in [1.807, 2.05) is 48.5 Å². The molecule has 0 spiro atoms. The predicted octanol–water partition coefficient (Wildman–Crippen LogP) is 2.85. The Morgan fingerprint density at radius 3 is 1.88 bits per heavy atom. The number of nitrogens with zero attached hydrogens (tertiary/aromatic N) is 6. The molecule has 10 heteroatoms. The third-order valence-electron chi connectivity index (χ3n) is 5.14. The van der Waals surface area contributed by atoms with Crippen LogP contribution in [0.3, 0.4) is 0 Å². The summed E-state index contributed by atoms with van der Waals surface area (Å²) in [6, 6.07) is 14.9. The molecule has 0 radical (unpaired) electrons. The van der Waals surface area contributed by atoms with Gasteiger partial charge < -0.3 is 20.9 Å². The van der Waals surface area contributed by atoms with Crippen LogP contribution in [0.5, 0.6) is 11.5 Å². The third kappa shape index (κ3) is 3.14. The van der Waals surface area contributed by atoms with Crippen LogP contribution >= 0.6 is 0 Å². The highest BCUT2D eigenvalue weighted by molar-refractivity contribution is 5.88. The number of hydrogen-bond acceptors (Lipinski definition) is 8. The summed E-state index contributed by atoms with van der Waals surface area (Å²) in [5, 5.41) is 9.49. The average Bonchev–Trinajstić information content (AvgIpc) is 3.43. The molecule has 3 aromatic heterocycles. The number of rotatable bonds is 5. The molecule has 0 fully saturated rings. The van der Waals surface area contributed by atoms with E-state index in [2.05, 4.69) is 15.2 Å². The number of aromatic nitrogens is 6. The number of methoxy groups -OCH3 is 2. The van der Waals surface area contributed by atoms with E-state index in [0.717, 1.165) is 22.9 Å². The van der Waals surface area contributed by atoms with Gasteiger partial charge in [-0.3, -0.25) is 0 Å². The van der Waals surface area contributed by atoms with E-state index in [-0.39, 0.29) is 0 Å². The van der Waals surface area contributed by atoms with Gasteiger partial charge in [-0.1, -0.05) is 0 Å². The van der Waals surface area contributed by atoms with Crippen LogP contribution in [0.4, 0.5) is 11.6 Å². The zero-order valence-corrected chi connectivity index (χ0v) is 17.4. The number of fused-ring (bicyclic) bond motifs is 1. The number of nitrogens with two attached hydrogens (primary N) is 2. The van der Waals surface area contributed by atoms with Gasteiger partial charge in [-0.2, -0.15) is 10.2 Å². The van der Waals surface area contributed by atoms with Crippen LogP contribution < -0.4 is 20.9 Å². The standard InChI is InChI=1S/C22H20N8O2/c1-31-15-7-3-13(4-8-15)29-20(24)18(12-25-29)21-27-19(23)17-11-26-30(22(17)28-21)14-5-9-16(32-2)10-6-14/h3-12H,24H2,1-2H3,(H2,23,27,28). The van der Waals surface area contributed by atoms with Crippen molar-refractivity contribution in [1.29, 1.82) is 0 Å². The van der Waals surface area contributed by atoms with E-state index < -0.39 is 0 Å². The molecular formula is C22H20N8O2. The molecule has 5 rings (SSSR count). The van der Waals surface area contributed by atoms with Gasteiger partial charge in [-0.15, -0.1) is 0 Å². The Morgan fingerprint density at radius 2 is 1.28 bits per heavy atom. The van der Waals surface area contributed by atoms with Crippen LogP contribution in [-0.2, 0) is 0 Å². The minimum Gasteiger partial charge on any atom is -0.497 e. The van der Waals surface area contributed by atoms with Crippen LogP contribution in [0, 0.1) is 0 Å². The molecule has 32 heavy (non-hydrogen) atoms. The summed E-state index contributed by atoms with van der Waals surface area (Å²) in [4.78, 5) is 9.15. The largest absolute Gasteiger partial charge is 0.497 e. The van der Waals surface area contributed by atoms with Crippen LogP contribution in [-0.4, -0.2) is 43.7 Å². The Kier molecular flexibility index (Phi) is 4.59. The van der Waals surface area contributed by atoms with Gasteiger partial charge in [0.25, 0.3) is 0 Å². The highest BCUT2D eigenvalue weighted by atomic mass is 16.5. The molecule has 3 heterocycles. The molecule has 4 N–H and O–H groups in total. The maximum absolute atomic E-state index is 6.40. The number of anilines is 2. The monoisotopic (exact) mass is 428 g/mol. The van der Waals surface area contributed by atoms with Crippen LogP contribution in [0.15, 0.2) is 60.9 Å². The number of nitrogen functional groups attached to an aromatic ring is 2. The van der Waals surface area contributed by atoms with Crippen molar-refractivity contribution in [2.24, 2.45) is 0 Å². The van der Waals surface area contributed by atoms with Crippen molar-refractivity contribution >= 4 is 22.7 Å². The molecule has 0 amide bonds. The van der Waals surface area contributed by atoms with E-state index in [4.69, 9.17) is 25.9 Å². The summed E-state index contributed by atoms with van der Waals surface area (Å²) < 4.78 is 13.7. The number of ether oxygens (including phenoxy) is 2. The maximum atomic E-state index is 6.40. The lowest BCUT2D eigenvalue weighted by Gasteiger charge is -2.08. The van der Waals surface area contributed by atoms with Crippen molar-refractivity contribution in [1.82, 2.24) is 29.5 Å². The first-order valence-electron chi connectivity index (χ1n) is 9.73. The predicted molar refractivity (Wildman–Crippen MR) is 121 cm³/mol. The first-order valence-corrected chi connectivity index (χ1v) is 9.73. The summed E-state index contributed by atoms with van der Waals surface area (Å²) in [7, 11) is 3.24. The Balaban J connectivity index is 1.59. The topological polar surface area (TPSA) is 132 Å². The fourth-order valence-electron chi connectivity index (χ4n) is 3.42. The molecule has 5 aromatic rings. The molecule has 0 atom stereocenters. The molecule has 0 bridgehead atoms. The van der Waals surface area contributed by atoms with Gasteiger partial charge in [0.15, 0.2) is 11.5 Å². The molecule has 0 saturated heterocycles. The highest BCUT2D eigenvalue weighted by Gasteiger charge is 2.18. The minimum atomic E-state index is 0.307. The normalized spacial score (nSPS) is 11.1. The van der Waals surface area contributed by atoms with Gasteiger partial charge in [0.05, 0.1) is 48.9 Å². The van der Waals surface area contributed by atoms with Crippen LogP contribution in [0.25, 0.3) is 33.8 Å². The first kappa shape index (κ1) is 19.4. The van der Waals surface area contributed by atoms with Gasteiger partial charge in [0, 0.05) is 0 Å². The second-order valence-corrected chi connectivity index (χ2v) is 6.98. The fraction of sp³-hybridized carbons (Fsp3) is 0.0909. The summed E-state index contributed by atoms with van der Waals surface area (Å²) in [5.41, 5.74) is 15.4. The van der Waals surface area contributed by atoms with E-state index in [9.17, 15) is 0 Å². The van der Waals surface area contributed by atoms with Gasteiger partial charge >= 0.3 is 0 Å². The number of hydrogen-bond donors (Lipinski definition) is 2. The molecular weight excluding hydrogens is 408 g/mol. The Hall–Kier alpha value is -4.60. The van der Waals surface area contributed by atoms with Crippen molar-refractivity contribution in [3.05, 3.63) is 60.9 Å². The SMILES string of the molecule is COc1ccc(-n2ncc(-c3nc(N)c4cnn(-c5ccc(OC)cc5)c4n3)c2N)cc1. The zero-order valence-electron chi connectivity index (χ0n) is 17.4. The molecule has 0 aliphatic carbocycles. The molecule has 0 aliphatic rings. The summed E-state index contributed by atoms with van der Waals surface area (Å²) >= 11 is 0. The molecule has 10 nitrogen and oxygen atoms in total. The Bertz CT molecular complexity index is 1400. The second-order valence-electron chi connectivity index (χ2n) is 6.98. The molecule has 0 saturated carbocycles. The second kappa shape index (κ2) is 7.58. The van der Waals surface area contributed by atoms with Crippen molar-refractivity contribution in [2.45, 2.75) is 0 Å². The number of benzene rings is 2. The fourth-order valence-corrected chi connectivity index (χ4v) is 3.42. The summed E-state index contributed by atoms with van der Waals surface area (Å²) in [6.45, 7) is 0. The van der Waals surface area contributed by atoms with Crippen LogP contribution in [0.1, 0.15) is 0 Å². The van der Waals surface area contributed by atoms with Crippen molar-refractivity contribution in [2.75, 3.05) is 25.7 Å². The lowest BCUT2D eigenvalue weighted by molar-refractivity contribution is 0.414. The molecule has 2 aromatic carbocycles. The van der Waals surface area contributed by atoms with E-state index in [0.29, 0.717) is 34.1 Å². The van der Waals surface area contributed by atoms with E-state index in [1.54, 1.807) is 36.0 Å². The first-order chi connectivity index (χ1) is 15.6. The maximum Gasteiger partial charge on any atom is 0.169 e. The van der Waals surface area contributed by atoms with Gasteiger partial charge in [-0.05, 0) is 48.5 Å². The summed E-state index contributed by atoms with van der Waals surface area (Å²) in [5.74, 6) is 2.56. The van der Waals surface area contributed by atoms with Crippen molar-refractivity contribution in [3.8, 4) is 34.3 Å².